The minimum absolute atomic E-state index is 0.0278. The minimum Gasteiger partial charge on any atom is -0.478 e. The standard InChI is InChI=1S/C13H14O5/c1-13(2,3)10(14)8-5-4-7(11(15)16)6-9(8)12(17)18/h4-6H,1-3H3,(H,15,16)(H,17,18). The topological polar surface area (TPSA) is 91.7 Å². The van der Waals surface area contributed by atoms with Gasteiger partial charge in [-0.15, -0.1) is 0 Å². The van der Waals surface area contributed by atoms with E-state index in [0.29, 0.717) is 0 Å². The summed E-state index contributed by atoms with van der Waals surface area (Å²) in [5.41, 5.74) is -1.14. The second kappa shape index (κ2) is 4.60. The van der Waals surface area contributed by atoms with Crippen LogP contribution in [0.25, 0.3) is 0 Å². The normalized spacial score (nSPS) is 11.1. The first-order valence-corrected chi connectivity index (χ1v) is 5.30. The molecule has 1 rings (SSSR count). The zero-order valence-corrected chi connectivity index (χ0v) is 10.4. The smallest absolute Gasteiger partial charge is 0.336 e. The molecule has 0 bridgehead atoms. The molecule has 0 heterocycles. The molecule has 0 spiro atoms. The number of carbonyl (C=O) groups excluding carboxylic acids is 1. The number of ketones is 1. The summed E-state index contributed by atoms with van der Waals surface area (Å²) in [7, 11) is 0. The lowest BCUT2D eigenvalue weighted by molar-refractivity contribution is 0.0687. The molecule has 0 fully saturated rings. The quantitative estimate of drug-likeness (QED) is 0.803. The highest BCUT2D eigenvalue weighted by atomic mass is 16.4. The number of hydrogen-bond donors (Lipinski definition) is 2. The van der Waals surface area contributed by atoms with Gasteiger partial charge in [0.2, 0.25) is 0 Å². The van der Waals surface area contributed by atoms with Crippen LogP contribution in [-0.4, -0.2) is 27.9 Å². The highest BCUT2D eigenvalue weighted by molar-refractivity contribution is 6.09. The maximum Gasteiger partial charge on any atom is 0.336 e. The van der Waals surface area contributed by atoms with Crippen molar-refractivity contribution in [3.05, 3.63) is 34.9 Å². The number of hydrogen-bond acceptors (Lipinski definition) is 3. The molecule has 0 amide bonds. The van der Waals surface area contributed by atoms with Crippen molar-refractivity contribution in [2.24, 2.45) is 5.41 Å². The summed E-state index contributed by atoms with van der Waals surface area (Å²) < 4.78 is 0. The van der Waals surface area contributed by atoms with E-state index < -0.39 is 17.4 Å². The van der Waals surface area contributed by atoms with Crippen LogP contribution in [0.4, 0.5) is 0 Å². The highest BCUT2D eigenvalue weighted by Crippen LogP contribution is 2.24. The van der Waals surface area contributed by atoms with Crippen molar-refractivity contribution in [2.45, 2.75) is 20.8 Å². The Morgan fingerprint density at radius 2 is 1.50 bits per heavy atom. The number of rotatable bonds is 3. The minimum atomic E-state index is -1.31. The molecule has 0 saturated heterocycles. The molecule has 0 unspecified atom stereocenters. The van der Waals surface area contributed by atoms with E-state index >= 15 is 0 Å². The monoisotopic (exact) mass is 250 g/mol. The summed E-state index contributed by atoms with van der Waals surface area (Å²) >= 11 is 0. The van der Waals surface area contributed by atoms with Crippen molar-refractivity contribution >= 4 is 17.7 Å². The lowest BCUT2D eigenvalue weighted by atomic mass is 9.84. The van der Waals surface area contributed by atoms with Crippen LogP contribution >= 0.6 is 0 Å². The van der Waals surface area contributed by atoms with Gasteiger partial charge >= 0.3 is 11.9 Å². The zero-order valence-electron chi connectivity index (χ0n) is 10.4. The van der Waals surface area contributed by atoms with Gasteiger partial charge in [0.05, 0.1) is 11.1 Å². The van der Waals surface area contributed by atoms with Gasteiger partial charge in [0, 0.05) is 11.0 Å². The molecule has 0 aliphatic carbocycles. The lowest BCUT2D eigenvalue weighted by Gasteiger charge is -2.18. The molecule has 0 saturated carbocycles. The highest BCUT2D eigenvalue weighted by Gasteiger charge is 2.27. The zero-order chi connectivity index (χ0) is 14.1. The van der Waals surface area contributed by atoms with E-state index in [9.17, 15) is 14.4 Å². The first-order chi connectivity index (χ1) is 8.14. The number of carboxylic acid groups (broad SMARTS) is 2. The van der Waals surface area contributed by atoms with E-state index in [-0.39, 0.29) is 22.5 Å². The maximum atomic E-state index is 12.1. The fraction of sp³-hybridized carbons (Fsp3) is 0.308. The largest absolute Gasteiger partial charge is 0.478 e. The van der Waals surface area contributed by atoms with Gasteiger partial charge in [0.1, 0.15) is 0 Å². The second-order valence-electron chi connectivity index (χ2n) is 4.95. The van der Waals surface area contributed by atoms with Crippen LogP contribution in [0.5, 0.6) is 0 Å². The Bertz CT molecular complexity index is 523. The van der Waals surface area contributed by atoms with Crippen LogP contribution in [0.2, 0.25) is 0 Å². The third-order valence-electron chi connectivity index (χ3n) is 2.42. The molecule has 5 nitrogen and oxygen atoms in total. The Hall–Kier alpha value is -2.17. The summed E-state index contributed by atoms with van der Waals surface area (Å²) in [5.74, 6) is -2.88. The predicted molar refractivity (Wildman–Crippen MR) is 64.1 cm³/mol. The van der Waals surface area contributed by atoms with Gasteiger partial charge in [-0.25, -0.2) is 9.59 Å². The summed E-state index contributed by atoms with van der Waals surface area (Å²) in [6.45, 7) is 5.02. The van der Waals surface area contributed by atoms with Gasteiger partial charge in [0.25, 0.3) is 0 Å². The Balaban J connectivity index is 3.42. The Kier molecular flexibility index (Phi) is 3.55. The van der Waals surface area contributed by atoms with Gasteiger partial charge in [-0.05, 0) is 18.2 Å². The van der Waals surface area contributed by atoms with E-state index in [1.54, 1.807) is 20.8 Å². The summed E-state index contributed by atoms with van der Waals surface area (Å²) in [6.07, 6.45) is 0. The first-order valence-electron chi connectivity index (χ1n) is 5.30. The van der Waals surface area contributed by atoms with Gasteiger partial charge in [-0.1, -0.05) is 20.8 Å². The molecule has 0 atom stereocenters. The Labute approximate surface area is 104 Å². The molecular weight excluding hydrogens is 236 g/mol. The van der Waals surface area contributed by atoms with Gasteiger partial charge in [-0.3, -0.25) is 4.79 Å². The Morgan fingerprint density at radius 3 is 1.89 bits per heavy atom. The fourth-order valence-electron chi connectivity index (χ4n) is 1.46. The first kappa shape index (κ1) is 13.9. The third kappa shape index (κ3) is 2.74. The van der Waals surface area contributed by atoms with Crippen LogP contribution in [0.15, 0.2) is 18.2 Å². The second-order valence-corrected chi connectivity index (χ2v) is 4.95. The van der Waals surface area contributed by atoms with Crippen LogP contribution in [0, 0.1) is 5.41 Å². The van der Waals surface area contributed by atoms with Crippen LogP contribution in [-0.2, 0) is 0 Å². The van der Waals surface area contributed by atoms with Gasteiger partial charge < -0.3 is 10.2 Å². The van der Waals surface area contributed by atoms with Gasteiger partial charge in [-0.2, -0.15) is 0 Å². The number of benzene rings is 1. The molecule has 2 N–H and O–H groups in total. The summed E-state index contributed by atoms with van der Waals surface area (Å²) in [4.78, 5) is 33.9. The summed E-state index contributed by atoms with van der Waals surface area (Å²) in [5, 5.41) is 17.8. The number of carboxylic acids is 2. The number of carbonyl (C=O) groups is 3. The van der Waals surface area contributed by atoms with E-state index in [1.165, 1.54) is 12.1 Å². The van der Waals surface area contributed by atoms with Crippen molar-refractivity contribution < 1.29 is 24.6 Å². The number of Topliss-reactive ketones (excluding diaryl/α,β-unsaturated/α-hetero) is 1. The fourth-order valence-corrected chi connectivity index (χ4v) is 1.46. The third-order valence-corrected chi connectivity index (χ3v) is 2.42. The molecule has 96 valence electrons. The lowest BCUT2D eigenvalue weighted by Crippen LogP contribution is -2.23. The van der Waals surface area contributed by atoms with E-state index in [1.807, 2.05) is 0 Å². The van der Waals surface area contributed by atoms with Crippen molar-refractivity contribution in [2.75, 3.05) is 0 Å². The summed E-state index contributed by atoms with van der Waals surface area (Å²) in [6, 6.07) is 3.48. The molecule has 0 aromatic heterocycles. The molecule has 0 aliphatic rings. The molecule has 18 heavy (non-hydrogen) atoms. The average molecular weight is 250 g/mol. The average Bonchev–Trinajstić information content (AvgIpc) is 2.25. The van der Waals surface area contributed by atoms with Gasteiger partial charge in [0.15, 0.2) is 5.78 Å². The van der Waals surface area contributed by atoms with Crippen LogP contribution < -0.4 is 0 Å². The van der Waals surface area contributed by atoms with E-state index in [4.69, 9.17) is 10.2 Å². The van der Waals surface area contributed by atoms with Crippen LogP contribution in [0.1, 0.15) is 51.8 Å². The van der Waals surface area contributed by atoms with E-state index in [0.717, 1.165) is 6.07 Å². The molecule has 0 aliphatic heterocycles. The molecule has 0 radical (unpaired) electrons. The van der Waals surface area contributed by atoms with E-state index in [2.05, 4.69) is 0 Å². The van der Waals surface area contributed by atoms with Crippen molar-refractivity contribution in [3.63, 3.8) is 0 Å². The maximum absolute atomic E-state index is 12.1. The molecular formula is C13H14O5. The van der Waals surface area contributed by atoms with Crippen molar-refractivity contribution in [1.29, 1.82) is 0 Å². The molecule has 1 aromatic carbocycles. The van der Waals surface area contributed by atoms with Crippen molar-refractivity contribution in [3.8, 4) is 0 Å². The van der Waals surface area contributed by atoms with Crippen LogP contribution in [0.3, 0.4) is 0 Å². The number of aromatic carboxylic acids is 2. The molecule has 1 aromatic rings. The predicted octanol–water partition coefficient (Wildman–Crippen LogP) is 2.31. The SMILES string of the molecule is CC(C)(C)C(=O)c1ccc(C(=O)O)cc1C(=O)O. The van der Waals surface area contributed by atoms with Crippen molar-refractivity contribution in [1.82, 2.24) is 0 Å². The molecule has 5 heteroatoms. The Morgan fingerprint density at radius 1 is 0.944 bits per heavy atom.